The minimum Gasteiger partial charge on any atom is -0.0891 e. The number of hydrogen-bond acceptors (Lipinski definition) is 4. The Labute approximate surface area is 189 Å². The van der Waals surface area contributed by atoms with Gasteiger partial charge in [0.1, 0.15) is 0 Å². The molecule has 4 rings (SSSR count). The highest BCUT2D eigenvalue weighted by atomic mass is 32.2. The van der Waals surface area contributed by atoms with Crippen LogP contribution in [0, 0.1) is 0 Å². The molecule has 2 aliphatic rings. The van der Waals surface area contributed by atoms with Crippen molar-refractivity contribution in [2.75, 3.05) is 0 Å². The quantitative estimate of drug-likeness (QED) is 0.411. The lowest BCUT2D eigenvalue weighted by molar-refractivity contribution is 1.65. The van der Waals surface area contributed by atoms with Crippen LogP contribution in [0.5, 0.6) is 0 Å². The van der Waals surface area contributed by atoms with E-state index >= 15 is 0 Å². The number of thioether (sulfide) groups is 4. The van der Waals surface area contributed by atoms with Crippen molar-refractivity contribution in [1.82, 2.24) is 0 Å². The van der Waals surface area contributed by atoms with Crippen LogP contribution in [-0.2, 0) is 0 Å². The zero-order valence-corrected chi connectivity index (χ0v) is 21.7. The third kappa shape index (κ3) is 4.32. The molecule has 0 aliphatic carbocycles. The second-order valence-corrected chi connectivity index (χ2v) is 17.4. The Morgan fingerprint density at radius 1 is 0.500 bits per heavy atom. The minimum atomic E-state index is -0.501. The van der Waals surface area contributed by atoms with E-state index < -0.39 is 17.6 Å². The number of hydrogen-bond donors (Lipinski definition) is 0. The van der Waals surface area contributed by atoms with Crippen LogP contribution in [0.3, 0.4) is 0 Å². The summed E-state index contributed by atoms with van der Waals surface area (Å²) < 4.78 is 6.19. The molecule has 0 bridgehead atoms. The van der Waals surface area contributed by atoms with Crippen LogP contribution < -0.4 is 0 Å². The molecule has 28 heavy (non-hydrogen) atoms. The van der Waals surface area contributed by atoms with E-state index in [-0.39, 0.29) is 0 Å². The summed E-state index contributed by atoms with van der Waals surface area (Å²) in [4.78, 5) is 2.97. The summed E-state index contributed by atoms with van der Waals surface area (Å²) in [5.41, 5.74) is 2.74. The van der Waals surface area contributed by atoms with E-state index in [9.17, 15) is 0 Å². The second-order valence-electron chi connectivity index (χ2n) is 7.03. The molecule has 0 fully saturated rings. The fourth-order valence-corrected chi connectivity index (χ4v) is 13.4. The van der Waals surface area contributed by atoms with Crippen LogP contribution >= 0.6 is 47.0 Å². The first-order valence-electron chi connectivity index (χ1n) is 9.20. The van der Waals surface area contributed by atoms with Crippen molar-refractivity contribution in [1.29, 1.82) is 0 Å². The molecule has 2 radical (unpaired) electrons. The van der Waals surface area contributed by atoms with Gasteiger partial charge in [0.15, 0.2) is 0 Å². The molecule has 142 valence electrons. The number of benzene rings is 2. The molecule has 0 saturated heterocycles. The highest BCUT2D eigenvalue weighted by molar-refractivity contribution is 8.37. The summed E-state index contributed by atoms with van der Waals surface area (Å²) in [5.74, 6) is 0. The maximum absolute atomic E-state index is 2.41. The van der Waals surface area contributed by atoms with Crippen LogP contribution in [0.25, 0.3) is 9.81 Å². The predicted octanol–water partition coefficient (Wildman–Crippen LogP) is 8.40. The largest absolute Gasteiger partial charge is 0.0898 e. The van der Waals surface area contributed by atoms with Crippen molar-refractivity contribution in [3.8, 4) is 0 Å². The molecule has 0 N–H and O–H groups in total. The number of rotatable bonds is 4. The third-order valence-electron chi connectivity index (χ3n) is 4.34. The van der Waals surface area contributed by atoms with Crippen LogP contribution in [0.2, 0.25) is 26.2 Å². The second kappa shape index (κ2) is 9.10. The lowest BCUT2D eigenvalue weighted by atomic mass is 10.2. The summed E-state index contributed by atoms with van der Waals surface area (Å²) in [6, 6.07) is 21.9. The monoisotopic (exact) mass is 470 g/mol. The third-order valence-corrected chi connectivity index (χ3v) is 15.5. The topological polar surface area (TPSA) is 0 Å². The van der Waals surface area contributed by atoms with Gasteiger partial charge >= 0.3 is 0 Å². The summed E-state index contributed by atoms with van der Waals surface area (Å²) in [6.45, 7) is 9.66. The SMILES string of the molecule is C[Si](C)C1=C(c2ccccc2)S/C(=C2/SC(c3ccccc3)=C([Si](C)C)S2)S1. The van der Waals surface area contributed by atoms with Crippen molar-refractivity contribution in [3.63, 3.8) is 0 Å². The van der Waals surface area contributed by atoms with Crippen molar-refractivity contribution >= 4 is 74.5 Å². The van der Waals surface area contributed by atoms with Crippen molar-refractivity contribution in [2.45, 2.75) is 26.2 Å². The lowest BCUT2D eigenvalue weighted by Crippen LogP contribution is -2.02. The van der Waals surface area contributed by atoms with Gasteiger partial charge in [0.05, 0.1) is 26.1 Å². The maximum atomic E-state index is 2.41. The molecule has 0 saturated carbocycles. The van der Waals surface area contributed by atoms with Gasteiger partial charge in [0.25, 0.3) is 0 Å². The Morgan fingerprint density at radius 2 is 0.857 bits per heavy atom. The smallest absolute Gasteiger partial charge is 0.0891 e. The summed E-state index contributed by atoms with van der Waals surface area (Å²) >= 11 is 8.08. The first kappa shape index (κ1) is 20.8. The Kier molecular flexibility index (Phi) is 6.75. The lowest BCUT2D eigenvalue weighted by Gasteiger charge is -2.07. The van der Waals surface area contributed by atoms with Gasteiger partial charge in [0.2, 0.25) is 0 Å². The fourth-order valence-electron chi connectivity index (χ4n) is 2.98. The van der Waals surface area contributed by atoms with Crippen molar-refractivity contribution in [2.24, 2.45) is 0 Å². The van der Waals surface area contributed by atoms with Gasteiger partial charge in [-0.1, -0.05) is 134 Å². The van der Waals surface area contributed by atoms with E-state index in [1.807, 2.05) is 47.0 Å². The molecule has 0 unspecified atom stereocenters. The zero-order valence-electron chi connectivity index (χ0n) is 16.4. The molecular formula is C22H22S4Si2. The van der Waals surface area contributed by atoms with Gasteiger partial charge in [-0.05, 0) is 20.2 Å². The summed E-state index contributed by atoms with van der Waals surface area (Å²) in [7, 11) is -1.00. The standard InChI is InChI=1S/C22H22S4Si2/c1-27(2)21-17(15-11-7-5-8-12-15)23-19(25-21)20-24-18(22(26-20)28(3)4)16-13-9-6-10-14-16/h5-14H,1-4H3/b20-19+. The molecule has 2 aromatic carbocycles. The van der Waals surface area contributed by atoms with Gasteiger partial charge in [-0.25, -0.2) is 0 Å². The van der Waals surface area contributed by atoms with Gasteiger partial charge < -0.3 is 0 Å². The highest BCUT2D eigenvalue weighted by Gasteiger charge is 2.32. The summed E-state index contributed by atoms with van der Waals surface area (Å²) in [6.07, 6.45) is 0. The van der Waals surface area contributed by atoms with E-state index in [0.29, 0.717) is 0 Å². The Hall–Kier alpha value is -0.506. The van der Waals surface area contributed by atoms with E-state index in [2.05, 4.69) is 86.9 Å². The average molecular weight is 471 g/mol. The van der Waals surface area contributed by atoms with Crippen LogP contribution in [-0.4, -0.2) is 17.6 Å². The molecule has 0 spiro atoms. The van der Waals surface area contributed by atoms with E-state index in [1.165, 1.54) is 29.4 Å². The molecule has 2 heterocycles. The van der Waals surface area contributed by atoms with Crippen molar-refractivity contribution < 1.29 is 0 Å². The van der Waals surface area contributed by atoms with Gasteiger partial charge in [0, 0.05) is 9.81 Å². The minimum absolute atomic E-state index is 0.501. The summed E-state index contributed by atoms with van der Waals surface area (Å²) in [5, 5.41) is 0. The fraction of sp³-hybridized carbons (Fsp3) is 0.182. The van der Waals surface area contributed by atoms with Crippen molar-refractivity contribution in [3.05, 3.63) is 89.3 Å². The molecular weight excluding hydrogens is 449 g/mol. The van der Waals surface area contributed by atoms with Gasteiger partial charge in [-0.2, -0.15) is 0 Å². The Bertz CT molecular complexity index is 881. The molecule has 0 nitrogen and oxygen atoms in total. The molecule has 0 aromatic heterocycles. The first-order chi connectivity index (χ1) is 13.5. The Balaban J connectivity index is 1.67. The van der Waals surface area contributed by atoms with E-state index in [0.717, 1.165) is 0 Å². The first-order valence-corrected chi connectivity index (χ1v) is 17.5. The van der Waals surface area contributed by atoms with E-state index in [4.69, 9.17) is 0 Å². The molecule has 2 aliphatic heterocycles. The average Bonchev–Trinajstić information content (AvgIpc) is 3.34. The van der Waals surface area contributed by atoms with Crippen LogP contribution in [0.15, 0.2) is 78.2 Å². The predicted molar refractivity (Wildman–Crippen MR) is 139 cm³/mol. The molecule has 2 aromatic rings. The van der Waals surface area contributed by atoms with E-state index in [1.54, 1.807) is 9.06 Å². The normalized spacial score (nSPS) is 20.2. The van der Waals surface area contributed by atoms with Gasteiger partial charge in [-0.15, -0.1) is 0 Å². The maximum Gasteiger partial charge on any atom is 0.0898 e. The van der Waals surface area contributed by atoms with Gasteiger partial charge in [-0.3, -0.25) is 0 Å². The van der Waals surface area contributed by atoms with Crippen LogP contribution in [0.1, 0.15) is 11.1 Å². The molecule has 0 atom stereocenters. The highest BCUT2D eigenvalue weighted by Crippen LogP contribution is 2.63. The Morgan fingerprint density at radius 3 is 1.18 bits per heavy atom. The van der Waals surface area contributed by atoms with Crippen LogP contribution in [0.4, 0.5) is 0 Å². The zero-order chi connectivity index (χ0) is 19.7. The molecule has 6 heteroatoms. The molecule has 0 amide bonds.